The van der Waals surface area contributed by atoms with E-state index in [9.17, 15) is 18.5 Å². The summed E-state index contributed by atoms with van der Waals surface area (Å²) in [6, 6.07) is 15.7. The highest BCUT2D eigenvalue weighted by Crippen LogP contribution is 2.23. The van der Waals surface area contributed by atoms with Gasteiger partial charge in [-0.15, -0.1) is 0 Å². The maximum atomic E-state index is 12.3. The number of nitro benzene ring substituents is 1. The van der Waals surface area contributed by atoms with Crippen molar-refractivity contribution in [1.82, 2.24) is 9.71 Å². The Labute approximate surface area is 173 Å². The number of ether oxygens (including phenoxy) is 2. The van der Waals surface area contributed by atoms with Crippen molar-refractivity contribution < 1.29 is 22.8 Å². The number of nitrogens with zero attached hydrogens (tertiary/aromatic N) is 2. The molecule has 10 heteroatoms. The lowest BCUT2D eigenvalue weighted by Crippen LogP contribution is -2.24. The molecule has 0 fully saturated rings. The van der Waals surface area contributed by atoms with E-state index >= 15 is 0 Å². The Morgan fingerprint density at radius 1 is 1.00 bits per heavy atom. The van der Waals surface area contributed by atoms with Gasteiger partial charge in [-0.2, -0.15) is 0 Å². The van der Waals surface area contributed by atoms with Crippen LogP contribution < -0.4 is 14.2 Å². The Balaban J connectivity index is 1.60. The van der Waals surface area contributed by atoms with E-state index in [1.54, 1.807) is 43.5 Å². The molecule has 0 aliphatic carbocycles. The maximum Gasteiger partial charge on any atom is 0.269 e. The zero-order valence-electron chi connectivity index (χ0n) is 16.0. The van der Waals surface area contributed by atoms with E-state index in [1.807, 2.05) is 0 Å². The Kier molecular flexibility index (Phi) is 6.60. The van der Waals surface area contributed by atoms with Crippen LogP contribution in [-0.4, -0.2) is 25.4 Å². The molecule has 1 heterocycles. The highest BCUT2D eigenvalue weighted by Gasteiger charge is 2.13. The third-order valence-corrected chi connectivity index (χ3v) is 5.38. The lowest BCUT2D eigenvalue weighted by molar-refractivity contribution is -0.384. The molecule has 0 aliphatic rings. The van der Waals surface area contributed by atoms with Crippen LogP contribution >= 0.6 is 0 Å². The number of benzene rings is 2. The standard InChI is InChI=1S/C20H19N3O6S/c1-28-18-6-8-19(9-7-18)29-20-12-16(10-11-21-20)13-22-30(26,27)14-15-2-4-17(5-3-15)23(24)25/h2-12,22H,13-14H2,1H3. The van der Waals surface area contributed by atoms with E-state index in [4.69, 9.17) is 9.47 Å². The molecule has 9 nitrogen and oxygen atoms in total. The molecule has 0 saturated heterocycles. The van der Waals surface area contributed by atoms with E-state index in [-0.39, 0.29) is 18.0 Å². The van der Waals surface area contributed by atoms with Crippen molar-refractivity contribution in [3.8, 4) is 17.4 Å². The van der Waals surface area contributed by atoms with Gasteiger partial charge in [0, 0.05) is 30.9 Å². The molecule has 1 N–H and O–H groups in total. The summed E-state index contributed by atoms with van der Waals surface area (Å²) >= 11 is 0. The number of pyridine rings is 1. The number of sulfonamides is 1. The number of hydrogen-bond acceptors (Lipinski definition) is 7. The van der Waals surface area contributed by atoms with E-state index in [0.29, 0.717) is 28.5 Å². The van der Waals surface area contributed by atoms with Crippen LogP contribution in [0.2, 0.25) is 0 Å². The molecular formula is C20H19N3O6S. The number of non-ortho nitro benzene ring substituents is 1. The third-order valence-electron chi connectivity index (χ3n) is 4.08. The predicted octanol–water partition coefficient (Wildman–Crippen LogP) is 3.41. The van der Waals surface area contributed by atoms with Gasteiger partial charge in [0.15, 0.2) is 0 Å². The van der Waals surface area contributed by atoms with Gasteiger partial charge < -0.3 is 9.47 Å². The summed E-state index contributed by atoms with van der Waals surface area (Å²) in [4.78, 5) is 14.3. The van der Waals surface area contributed by atoms with Crippen molar-refractivity contribution in [2.75, 3.05) is 7.11 Å². The van der Waals surface area contributed by atoms with Gasteiger partial charge in [-0.05, 0) is 41.5 Å². The molecule has 0 bridgehead atoms. The number of aromatic nitrogens is 1. The smallest absolute Gasteiger partial charge is 0.269 e. The lowest BCUT2D eigenvalue weighted by Gasteiger charge is -2.09. The molecule has 156 valence electrons. The van der Waals surface area contributed by atoms with Crippen LogP contribution in [0.25, 0.3) is 0 Å². The average Bonchev–Trinajstić information content (AvgIpc) is 2.73. The normalized spacial score (nSPS) is 11.1. The molecule has 0 radical (unpaired) electrons. The molecule has 3 aromatic rings. The first-order chi connectivity index (χ1) is 14.3. The molecule has 0 atom stereocenters. The summed E-state index contributed by atoms with van der Waals surface area (Å²) in [5, 5.41) is 10.7. The minimum atomic E-state index is -3.64. The minimum absolute atomic E-state index is 0.0524. The second-order valence-electron chi connectivity index (χ2n) is 6.28. The summed E-state index contributed by atoms with van der Waals surface area (Å²) in [6.45, 7) is 0.0524. The molecule has 3 rings (SSSR count). The van der Waals surface area contributed by atoms with Crippen molar-refractivity contribution in [2.24, 2.45) is 0 Å². The number of nitro groups is 1. The quantitative estimate of drug-likeness (QED) is 0.409. The average molecular weight is 429 g/mol. The molecule has 0 unspecified atom stereocenters. The second kappa shape index (κ2) is 9.33. The molecule has 0 amide bonds. The monoisotopic (exact) mass is 429 g/mol. The van der Waals surface area contributed by atoms with Gasteiger partial charge in [0.1, 0.15) is 11.5 Å². The van der Waals surface area contributed by atoms with Crippen LogP contribution in [0.15, 0.2) is 66.9 Å². The van der Waals surface area contributed by atoms with E-state index in [0.717, 1.165) is 0 Å². The van der Waals surface area contributed by atoms with Crippen molar-refractivity contribution >= 4 is 15.7 Å². The summed E-state index contributed by atoms with van der Waals surface area (Å²) < 4.78 is 37.9. The van der Waals surface area contributed by atoms with Gasteiger partial charge >= 0.3 is 0 Å². The van der Waals surface area contributed by atoms with Gasteiger partial charge in [-0.3, -0.25) is 10.1 Å². The number of methoxy groups -OCH3 is 1. The van der Waals surface area contributed by atoms with E-state index < -0.39 is 14.9 Å². The largest absolute Gasteiger partial charge is 0.497 e. The summed E-state index contributed by atoms with van der Waals surface area (Å²) in [5.74, 6) is 1.31. The predicted molar refractivity (Wildman–Crippen MR) is 110 cm³/mol. The van der Waals surface area contributed by atoms with Gasteiger partial charge in [0.25, 0.3) is 5.69 Å². The minimum Gasteiger partial charge on any atom is -0.497 e. The van der Waals surface area contributed by atoms with Crippen LogP contribution in [0.1, 0.15) is 11.1 Å². The van der Waals surface area contributed by atoms with Crippen molar-refractivity contribution in [3.05, 3.63) is 88.1 Å². The van der Waals surface area contributed by atoms with Gasteiger partial charge in [-0.25, -0.2) is 18.1 Å². The maximum absolute atomic E-state index is 12.3. The van der Waals surface area contributed by atoms with Crippen molar-refractivity contribution in [2.45, 2.75) is 12.3 Å². The van der Waals surface area contributed by atoms with Crippen LogP contribution in [0.4, 0.5) is 5.69 Å². The Morgan fingerprint density at radius 3 is 2.30 bits per heavy atom. The first-order valence-corrected chi connectivity index (χ1v) is 10.5. The highest BCUT2D eigenvalue weighted by molar-refractivity contribution is 7.88. The SMILES string of the molecule is COc1ccc(Oc2cc(CNS(=O)(=O)Cc3ccc([N+](=O)[O-])cc3)ccn2)cc1. The fourth-order valence-corrected chi connectivity index (χ4v) is 3.68. The number of rotatable bonds is 9. The molecule has 0 spiro atoms. The number of hydrogen-bond donors (Lipinski definition) is 1. The van der Waals surface area contributed by atoms with Crippen LogP contribution in [0.3, 0.4) is 0 Å². The Morgan fingerprint density at radius 2 is 1.67 bits per heavy atom. The summed E-state index contributed by atoms with van der Waals surface area (Å²) in [6.07, 6.45) is 1.53. The fourth-order valence-electron chi connectivity index (χ4n) is 2.56. The summed E-state index contributed by atoms with van der Waals surface area (Å²) in [5.41, 5.74) is 1.03. The zero-order valence-corrected chi connectivity index (χ0v) is 16.8. The molecule has 0 aliphatic heterocycles. The molecule has 30 heavy (non-hydrogen) atoms. The molecule has 2 aromatic carbocycles. The first kappa shape index (κ1) is 21.2. The lowest BCUT2D eigenvalue weighted by atomic mass is 10.2. The van der Waals surface area contributed by atoms with Crippen LogP contribution in [0, 0.1) is 10.1 Å². The van der Waals surface area contributed by atoms with Gasteiger partial charge in [0.2, 0.25) is 15.9 Å². The first-order valence-electron chi connectivity index (χ1n) is 8.82. The van der Waals surface area contributed by atoms with Crippen molar-refractivity contribution in [1.29, 1.82) is 0 Å². The highest BCUT2D eigenvalue weighted by atomic mass is 32.2. The van der Waals surface area contributed by atoms with Crippen molar-refractivity contribution in [3.63, 3.8) is 0 Å². The van der Waals surface area contributed by atoms with Gasteiger partial charge in [0.05, 0.1) is 17.8 Å². The Bertz CT molecular complexity index is 1120. The fraction of sp³-hybridized carbons (Fsp3) is 0.150. The number of nitrogens with one attached hydrogen (secondary N) is 1. The third kappa shape index (κ3) is 6.00. The Hall–Kier alpha value is -3.50. The van der Waals surface area contributed by atoms with Crippen LogP contribution in [-0.2, 0) is 22.3 Å². The molecular weight excluding hydrogens is 410 g/mol. The molecule has 0 saturated carbocycles. The molecule has 1 aromatic heterocycles. The summed E-state index contributed by atoms with van der Waals surface area (Å²) in [7, 11) is -2.07. The van der Waals surface area contributed by atoms with E-state index in [2.05, 4.69) is 9.71 Å². The second-order valence-corrected chi connectivity index (χ2v) is 8.09. The van der Waals surface area contributed by atoms with Gasteiger partial charge in [-0.1, -0.05) is 12.1 Å². The topological polar surface area (TPSA) is 121 Å². The zero-order chi connectivity index (χ0) is 21.6. The van der Waals surface area contributed by atoms with Crippen LogP contribution in [0.5, 0.6) is 17.4 Å². The van der Waals surface area contributed by atoms with E-state index in [1.165, 1.54) is 30.5 Å².